The van der Waals surface area contributed by atoms with Crippen LogP contribution < -0.4 is 15.5 Å². The van der Waals surface area contributed by atoms with Gasteiger partial charge in [0.1, 0.15) is 6.04 Å². The molecule has 2 atom stereocenters. The van der Waals surface area contributed by atoms with Crippen molar-refractivity contribution in [3.63, 3.8) is 0 Å². The lowest BCUT2D eigenvalue weighted by molar-refractivity contribution is -0.121. The van der Waals surface area contributed by atoms with Crippen molar-refractivity contribution in [2.45, 2.75) is 24.9 Å². The monoisotopic (exact) mass is 359 g/mol. The summed E-state index contributed by atoms with van der Waals surface area (Å²) < 4.78 is 0. The number of nitrogens with zero attached hydrogens (tertiary/aromatic N) is 4. The van der Waals surface area contributed by atoms with E-state index in [1.165, 1.54) is 4.90 Å². The zero-order valence-corrected chi connectivity index (χ0v) is 15.4. The van der Waals surface area contributed by atoms with Gasteiger partial charge in [0.2, 0.25) is 5.91 Å². The van der Waals surface area contributed by atoms with Crippen molar-refractivity contribution in [3.8, 4) is 0 Å². The second kappa shape index (κ2) is 7.05. The molecule has 26 heavy (non-hydrogen) atoms. The average molecular weight is 359 g/mol. The second-order valence-electron chi connectivity index (χ2n) is 7.11. The number of imide groups is 1. The van der Waals surface area contributed by atoms with Gasteiger partial charge >= 0.3 is 6.03 Å². The van der Waals surface area contributed by atoms with E-state index >= 15 is 0 Å². The van der Waals surface area contributed by atoms with Crippen molar-refractivity contribution >= 4 is 29.2 Å². The highest BCUT2D eigenvalue weighted by atomic mass is 16.2. The van der Waals surface area contributed by atoms with Crippen LogP contribution in [-0.4, -0.2) is 74.0 Å². The number of fused-ring (bicyclic) bond motifs is 1. The molecular weight excluding hydrogens is 334 g/mol. The van der Waals surface area contributed by atoms with Gasteiger partial charge in [0.15, 0.2) is 0 Å². The Bertz CT molecular complexity index is 718. The third-order valence-electron chi connectivity index (χ3n) is 4.91. The Kier molecular flexibility index (Phi) is 4.97. The molecule has 0 radical (unpaired) electrons. The van der Waals surface area contributed by atoms with Crippen LogP contribution in [0, 0.1) is 0 Å². The fourth-order valence-corrected chi connectivity index (χ4v) is 3.50. The molecule has 0 aliphatic carbocycles. The van der Waals surface area contributed by atoms with E-state index in [4.69, 9.17) is 5.73 Å². The van der Waals surface area contributed by atoms with E-state index in [2.05, 4.69) is 0 Å². The van der Waals surface area contributed by atoms with E-state index in [1.54, 1.807) is 46.0 Å². The SMILES string of the molecule is CN(C)CC(=O)N(C)c1ccc(N2C(=O)[C@@H]3[C@H](N)CCCN3C2=O)cc1. The molecule has 2 aliphatic heterocycles. The number of hydrogen-bond acceptors (Lipinski definition) is 5. The minimum Gasteiger partial charge on any atom is -0.325 e. The number of hydrogen-bond donors (Lipinski definition) is 1. The highest BCUT2D eigenvalue weighted by molar-refractivity contribution is 6.21. The molecule has 1 aromatic rings. The van der Waals surface area contributed by atoms with Crippen LogP contribution in [0.4, 0.5) is 16.2 Å². The molecule has 8 nitrogen and oxygen atoms in total. The number of rotatable bonds is 4. The zero-order valence-electron chi connectivity index (χ0n) is 15.4. The Balaban J connectivity index is 1.79. The van der Waals surface area contributed by atoms with E-state index in [-0.39, 0.29) is 23.9 Å². The molecule has 2 aliphatic rings. The van der Waals surface area contributed by atoms with E-state index in [0.717, 1.165) is 12.8 Å². The number of benzene rings is 1. The van der Waals surface area contributed by atoms with Crippen LogP contribution in [-0.2, 0) is 9.59 Å². The molecule has 0 unspecified atom stereocenters. The fourth-order valence-electron chi connectivity index (χ4n) is 3.50. The summed E-state index contributed by atoms with van der Waals surface area (Å²) >= 11 is 0. The molecule has 2 N–H and O–H groups in total. The summed E-state index contributed by atoms with van der Waals surface area (Å²) in [6, 6.07) is 5.64. The van der Waals surface area contributed by atoms with Gasteiger partial charge in [0.05, 0.1) is 12.2 Å². The summed E-state index contributed by atoms with van der Waals surface area (Å²) in [7, 11) is 5.37. The fraction of sp³-hybridized carbons (Fsp3) is 0.500. The third kappa shape index (κ3) is 3.17. The number of amides is 4. The summed E-state index contributed by atoms with van der Waals surface area (Å²) in [6.45, 7) is 0.856. The molecule has 0 spiro atoms. The molecule has 1 aromatic carbocycles. The summed E-state index contributed by atoms with van der Waals surface area (Å²) in [5.41, 5.74) is 7.26. The van der Waals surface area contributed by atoms with E-state index < -0.39 is 6.04 Å². The van der Waals surface area contributed by atoms with E-state index in [0.29, 0.717) is 24.5 Å². The van der Waals surface area contributed by atoms with Gasteiger partial charge in [-0.25, -0.2) is 9.69 Å². The lowest BCUT2D eigenvalue weighted by Gasteiger charge is -2.31. The van der Waals surface area contributed by atoms with Crippen LogP contribution in [0.1, 0.15) is 12.8 Å². The molecule has 4 amide bonds. The zero-order chi connectivity index (χ0) is 19.0. The van der Waals surface area contributed by atoms with Crippen LogP contribution in [0.2, 0.25) is 0 Å². The first-order valence-corrected chi connectivity index (χ1v) is 8.72. The molecule has 3 rings (SSSR count). The van der Waals surface area contributed by atoms with Crippen molar-refractivity contribution in [1.82, 2.24) is 9.80 Å². The van der Waals surface area contributed by atoms with Crippen molar-refractivity contribution in [3.05, 3.63) is 24.3 Å². The Morgan fingerprint density at radius 3 is 2.42 bits per heavy atom. The summed E-state index contributed by atoms with van der Waals surface area (Å²) in [4.78, 5) is 43.6. The number of carbonyl (C=O) groups is 3. The number of anilines is 2. The lowest BCUT2D eigenvalue weighted by Crippen LogP contribution is -2.52. The topological polar surface area (TPSA) is 90.2 Å². The summed E-state index contributed by atoms with van der Waals surface area (Å²) in [5.74, 6) is -0.314. The van der Waals surface area contributed by atoms with Crippen LogP contribution in [0.3, 0.4) is 0 Å². The third-order valence-corrected chi connectivity index (χ3v) is 4.91. The first-order chi connectivity index (χ1) is 12.3. The van der Waals surface area contributed by atoms with E-state index in [1.807, 2.05) is 14.1 Å². The Morgan fingerprint density at radius 2 is 1.85 bits per heavy atom. The molecule has 140 valence electrons. The quantitative estimate of drug-likeness (QED) is 0.789. The maximum absolute atomic E-state index is 12.7. The molecular formula is C18H25N5O3. The van der Waals surface area contributed by atoms with Crippen LogP contribution in [0.5, 0.6) is 0 Å². The molecule has 2 fully saturated rings. The molecule has 0 bridgehead atoms. The summed E-state index contributed by atoms with van der Waals surface area (Å²) in [6.07, 6.45) is 1.55. The Morgan fingerprint density at radius 1 is 1.19 bits per heavy atom. The standard InChI is InChI=1S/C18H25N5O3/c1-20(2)11-15(24)21(3)12-6-8-13(9-7-12)23-17(25)16-14(19)5-4-10-22(16)18(23)26/h6-9,14,16H,4-5,10-11,19H2,1-3H3/t14-,16+/m1/s1. The van der Waals surface area contributed by atoms with Gasteiger partial charge in [-0.15, -0.1) is 0 Å². The van der Waals surface area contributed by atoms with Crippen molar-refractivity contribution < 1.29 is 14.4 Å². The van der Waals surface area contributed by atoms with Gasteiger partial charge in [-0.1, -0.05) is 0 Å². The van der Waals surface area contributed by atoms with Crippen molar-refractivity contribution in [2.24, 2.45) is 5.73 Å². The number of carbonyl (C=O) groups excluding carboxylic acids is 3. The number of likely N-dealkylation sites (N-methyl/N-ethyl adjacent to an activating group) is 2. The Labute approximate surface area is 153 Å². The normalized spacial score (nSPS) is 22.8. The van der Waals surface area contributed by atoms with Gasteiger partial charge in [0.25, 0.3) is 5.91 Å². The van der Waals surface area contributed by atoms with Gasteiger partial charge in [-0.3, -0.25) is 9.59 Å². The smallest absolute Gasteiger partial charge is 0.325 e. The van der Waals surface area contributed by atoms with Gasteiger partial charge in [0, 0.05) is 25.3 Å². The molecule has 0 saturated carbocycles. The Hall–Kier alpha value is -2.45. The maximum atomic E-state index is 12.7. The van der Waals surface area contributed by atoms with Crippen molar-refractivity contribution in [1.29, 1.82) is 0 Å². The number of nitrogens with two attached hydrogens (primary N) is 1. The minimum atomic E-state index is -0.569. The average Bonchev–Trinajstić information content (AvgIpc) is 2.86. The predicted molar refractivity (Wildman–Crippen MR) is 99.0 cm³/mol. The highest BCUT2D eigenvalue weighted by Crippen LogP contribution is 2.31. The van der Waals surface area contributed by atoms with Crippen molar-refractivity contribution in [2.75, 3.05) is 44.0 Å². The van der Waals surface area contributed by atoms with Crippen LogP contribution >= 0.6 is 0 Å². The molecule has 0 aromatic heterocycles. The first-order valence-electron chi connectivity index (χ1n) is 8.72. The molecule has 2 heterocycles. The molecule has 2 saturated heterocycles. The predicted octanol–water partition coefficient (Wildman–Crippen LogP) is 0.469. The first kappa shape index (κ1) is 18.3. The largest absolute Gasteiger partial charge is 0.332 e. The number of urea groups is 1. The highest BCUT2D eigenvalue weighted by Gasteiger charge is 2.49. The summed E-state index contributed by atoms with van der Waals surface area (Å²) in [5, 5.41) is 0. The van der Waals surface area contributed by atoms with Gasteiger partial charge in [-0.05, 0) is 51.2 Å². The van der Waals surface area contributed by atoms with Crippen LogP contribution in [0.25, 0.3) is 0 Å². The minimum absolute atomic E-state index is 0.0424. The maximum Gasteiger partial charge on any atom is 0.332 e. The van der Waals surface area contributed by atoms with Crippen LogP contribution in [0.15, 0.2) is 24.3 Å². The lowest BCUT2D eigenvalue weighted by atomic mass is 9.98. The molecule has 8 heteroatoms. The number of piperidine rings is 1. The van der Waals surface area contributed by atoms with E-state index in [9.17, 15) is 14.4 Å². The second-order valence-corrected chi connectivity index (χ2v) is 7.11. The van der Waals surface area contributed by atoms with Gasteiger partial charge < -0.3 is 20.4 Å². The van der Waals surface area contributed by atoms with Gasteiger partial charge in [-0.2, -0.15) is 0 Å².